The van der Waals surface area contributed by atoms with Crippen LogP contribution < -0.4 is 11.1 Å². The van der Waals surface area contributed by atoms with Crippen molar-refractivity contribution in [3.63, 3.8) is 0 Å². The van der Waals surface area contributed by atoms with Gasteiger partial charge in [0.05, 0.1) is 0 Å². The molecule has 0 radical (unpaired) electrons. The lowest BCUT2D eigenvalue weighted by Gasteiger charge is -2.31. The highest BCUT2D eigenvalue weighted by molar-refractivity contribution is 7.99. The van der Waals surface area contributed by atoms with Crippen LogP contribution >= 0.6 is 11.8 Å². The molecule has 4 nitrogen and oxygen atoms in total. The summed E-state index contributed by atoms with van der Waals surface area (Å²) in [5.41, 5.74) is 5.42. The van der Waals surface area contributed by atoms with Gasteiger partial charge in [-0.2, -0.15) is 11.8 Å². The van der Waals surface area contributed by atoms with Crippen LogP contribution in [0.5, 0.6) is 0 Å². The summed E-state index contributed by atoms with van der Waals surface area (Å²) in [6, 6.07) is 0.683. The summed E-state index contributed by atoms with van der Waals surface area (Å²) in [5.74, 6) is 0.338. The van der Waals surface area contributed by atoms with E-state index in [-0.39, 0.29) is 0 Å². The number of nitrogens with one attached hydrogen (secondary N) is 1. The summed E-state index contributed by atoms with van der Waals surface area (Å²) in [6.45, 7) is 1.04. The van der Waals surface area contributed by atoms with E-state index >= 15 is 0 Å². The number of nitrogens with two attached hydrogens (primary N) is 1. The van der Waals surface area contributed by atoms with Crippen LogP contribution in [0.2, 0.25) is 0 Å². The molecule has 0 amide bonds. The van der Waals surface area contributed by atoms with Gasteiger partial charge in [-0.3, -0.25) is 0 Å². The molecule has 0 saturated heterocycles. The number of hydrogen-bond acceptors (Lipinski definition) is 4. The Morgan fingerprint density at radius 2 is 2.18 bits per heavy atom. The first-order valence-corrected chi connectivity index (χ1v) is 7.79. The third-order valence-corrected chi connectivity index (χ3v) is 4.57. The molecule has 100 valence electrons. The Kier molecular flexibility index (Phi) is 7.44. The number of hydrogen-bond donors (Lipinski definition) is 3. The van der Waals surface area contributed by atoms with Gasteiger partial charge >= 0.3 is 0 Å². The number of unbranched alkanes of at least 4 members (excludes halogenated alkanes) is 1. The lowest BCUT2D eigenvalue weighted by atomic mass is 9.95. The summed E-state index contributed by atoms with van der Waals surface area (Å²) in [7, 11) is 0. The molecule has 0 aromatic carbocycles. The van der Waals surface area contributed by atoms with Crippen LogP contribution in [0.15, 0.2) is 5.16 Å². The molecule has 1 aliphatic rings. The zero-order valence-corrected chi connectivity index (χ0v) is 11.5. The summed E-state index contributed by atoms with van der Waals surface area (Å²) >= 11 is 1.99. The Labute approximate surface area is 108 Å². The van der Waals surface area contributed by atoms with Gasteiger partial charge in [0.25, 0.3) is 0 Å². The number of nitrogens with zero attached hydrogens (tertiary/aromatic N) is 1. The summed E-state index contributed by atoms with van der Waals surface area (Å²) in [5, 5.41) is 15.8. The molecule has 0 bridgehead atoms. The van der Waals surface area contributed by atoms with Gasteiger partial charge < -0.3 is 16.3 Å². The molecule has 2 unspecified atom stereocenters. The van der Waals surface area contributed by atoms with E-state index in [9.17, 15) is 0 Å². The molecule has 4 N–H and O–H groups in total. The number of oxime groups is 1. The maximum Gasteiger partial charge on any atom is 0.139 e. The third kappa shape index (κ3) is 5.64. The van der Waals surface area contributed by atoms with E-state index < -0.39 is 0 Å². The normalized spacial score (nSPS) is 26.1. The maximum atomic E-state index is 8.41. The van der Waals surface area contributed by atoms with Crippen LogP contribution in [0, 0.1) is 0 Å². The second kappa shape index (κ2) is 8.64. The molecular formula is C12H25N3OS. The summed E-state index contributed by atoms with van der Waals surface area (Å²) in [4.78, 5) is 0. The van der Waals surface area contributed by atoms with E-state index in [1.165, 1.54) is 25.7 Å². The molecule has 5 heteroatoms. The van der Waals surface area contributed by atoms with Crippen LogP contribution in [0.25, 0.3) is 0 Å². The first-order chi connectivity index (χ1) is 8.27. The van der Waals surface area contributed by atoms with Crippen LogP contribution in [0.1, 0.15) is 44.9 Å². The standard InChI is InChI=1S/C12H25N3OS/c1-17-11-7-3-2-6-10(11)14-9-5-4-8-12(13)15-16/h10-11,14,16H,2-9H2,1H3,(H2,13,15). The highest BCUT2D eigenvalue weighted by atomic mass is 32.2. The lowest BCUT2D eigenvalue weighted by Crippen LogP contribution is -2.40. The van der Waals surface area contributed by atoms with E-state index in [2.05, 4.69) is 16.7 Å². The van der Waals surface area contributed by atoms with Crippen molar-refractivity contribution in [3.05, 3.63) is 0 Å². The van der Waals surface area contributed by atoms with Crippen molar-refractivity contribution in [2.24, 2.45) is 10.9 Å². The molecule has 2 atom stereocenters. The Balaban J connectivity index is 2.08. The molecule has 1 saturated carbocycles. The van der Waals surface area contributed by atoms with Crippen molar-refractivity contribution in [2.45, 2.75) is 56.2 Å². The van der Waals surface area contributed by atoms with E-state index in [0.717, 1.165) is 24.6 Å². The van der Waals surface area contributed by atoms with Gasteiger partial charge in [-0.1, -0.05) is 18.0 Å². The highest BCUT2D eigenvalue weighted by Gasteiger charge is 2.23. The molecule has 0 spiro atoms. The lowest BCUT2D eigenvalue weighted by molar-refractivity contribution is 0.316. The number of rotatable bonds is 7. The maximum absolute atomic E-state index is 8.41. The van der Waals surface area contributed by atoms with Crippen molar-refractivity contribution in [1.29, 1.82) is 0 Å². The minimum atomic E-state index is 0.338. The smallest absolute Gasteiger partial charge is 0.139 e. The molecule has 1 fully saturated rings. The van der Waals surface area contributed by atoms with Gasteiger partial charge in [0, 0.05) is 17.7 Å². The van der Waals surface area contributed by atoms with Crippen LogP contribution in [-0.2, 0) is 0 Å². The molecule has 17 heavy (non-hydrogen) atoms. The highest BCUT2D eigenvalue weighted by Crippen LogP contribution is 2.27. The van der Waals surface area contributed by atoms with Gasteiger partial charge in [0.1, 0.15) is 5.84 Å². The largest absolute Gasteiger partial charge is 0.409 e. The van der Waals surface area contributed by atoms with Gasteiger partial charge in [-0.05, 0) is 38.5 Å². The number of amidine groups is 1. The average molecular weight is 259 g/mol. The first kappa shape index (κ1) is 14.6. The molecule has 0 aliphatic heterocycles. The minimum Gasteiger partial charge on any atom is -0.409 e. The Morgan fingerprint density at radius 3 is 2.88 bits per heavy atom. The van der Waals surface area contributed by atoms with Crippen LogP contribution in [-0.4, -0.2) is 35.1 Å². The zero-order chi connectivity index (χ0) is 12.5. The first-order valence-electron chi connectivity index (χ1n) is 6.50. The quantitative estimate of drug-likeness (QED) is 0.215. The number of thioether (sulfide) groups is 1. The van der Waals surface area contributed by atoms with Crippen molar-refractivity contribution in [2.75, 3.05) is 12.8 Å². The second-order valence-corrected chi connectivity index (χ2v) is 5.74. The second-order valence-electron chi connectivity index (χ2n) is 4.67. The summed E-state index contributed by atoms with van der Waals surface area (Å²) < 4.78 is 0. The SMILES string of the molecule is CSC1CCCCC1NCCCCC(N)=NO. The van der Waals surface area contributed by atoms with Crippen molar-refractivity contribution >= 4 is 17.6 Å². The molecule has 1 aliphatic carbocycles. The molecule has 0 aromatic heterocycles. The topological polar surface area (TPSA) is 70.6 Å². The average Bonchev–Trinajstić information content (AvgIpc) is 2.38. The molecular weight excluding hydrogens is 234 g/mol. The fraction of sp³-hybridized carbons (Fsp3) is 0.917. The van der Waals surface area contributed by atoms with Crippen LogP contribution in [0.3, 0.4) is 0 Å². The van der Waals surface area contributed by atoms with Gasteiger partial charge in [-0.15, -0.1) is 0 Å². The minimum absolute atomic E-state index is 0.338. The van der Waals surface area contributed by atoms with Gasteiger partial charge in [0.15, 0.2) is 0 Å². The van der Waals surface area contributed by atoms with E-state index in [0.29, 0.717) is 18.3 Å². The fourth-order valence-corrected chi connectivity index (χ4v) is 3.34. The molecule has 0 aromatic rings. The van der Waals surface area contributed by atoms with E-state index in [1.807, 2.05) is 11.8 Å². The van der Waals surface area contributed by atoms with Gasteiger partial charge in [-0.25, -0.2) is 0 Å². The molecule has 0 heterocycles. The fourth-order valence-electron chi connectivity index (χ4n) is 2.38. The van der Waals surface area contributed by atoms with Crippen LogP contribution in [0.4, 0.5) is 0 Å². The van der Waals surface area contributed by atoms with Gasteiger partial charge in [0.2, 0.25) is 0 Å². The predicted octanol–water partition coefficient (Wildman–Crippen LogP) is 2.17. The summed E-state index contributed by atoms with van der Waals surface area (Å²) in [6.07, 6.45) is 10.4. The van der Waals surface area contributed by atoms with Crippen molar-refractivity contribution in [1.82, 2.24) is 5.32 Å². The zero-order valence-electron chi connectivity index (χ0n) is 10.7. The monoisotopic (exact) mass is 259 g/mol. The van der Waals surface area contributed by atoms with E-state index in [1.54, 1.807) is 0 Å². The molecule has 1 rings (SSSR count). The van der Waals surface area contributed by atoms with Crippen molar-refractivity contribution in [3.8, 4) is 0 Å². The van der Waals surface area contributed by atoms with E-state index in [4.69, 9.17) is 10.9 Å². The Hall–Kier alpha value is -0.420. The predicted molar refractivity (Wildman–Crippen MR) is 74.8 cm³/mol. The Bertz CT molecular complexity index is 236. The third-order valence-electron chi connectivity index (χ3n) is 3.40. The van der Waals surface area contributed by atoms with Crippen molar-refractivity contribution < 1.29 is 5.21 Å². The Morgan fingerprint density at radius 1 is 1.41 bits per heavy atom.